The zero-order valence-corrected chi connectivity index (χ0v) is 5.43. The summed E-state index contributed by atoms with van der Waals surface area (Å²) in [7, 11) is 1.65. The Morgan fingerprint density at radius 1 is 1.78 bits per heavy atom. The van der Waals surface area contributed by atoms with E-state index in [0.717, 1.165) is 0 Å². The monoisotopic (exact) mass is 127 g/mol. The molecule has 0 aliphatic heterocycles. The van der Waals surface area contributed by atoms with Crippen molar-refractivity contribution in [2.75, 3.05) is 7.05 Å². The van der Waals surface area contributed by atoms with Gasteiger partial charge in [0.2, 0.25) is 5.91 Å². The molecule has 1 atom stereocenters. The second-order valence-electron chi connectivity index (χ2n) is 1.61. The molecule has 0 spiro atoms. The minimum atomic E-state index is -0.306. The SMILES string of the molecule is CN[C@@H](C)C(=O)NC#N. The summed E-state index contributed by atoms with van der Waals surface area (Å²) in [5.41, 5.74) is 0. The predicted molar refractivity (Wildman–Crippen MR) is 32.3 cm³/mol. The molecule has 0 rings (SSSR count). The molecular weight excluding hydrogens is 118 g/mol. The molecule has 0 aliphatic rings. The zero-order chi connectivity index (χ0) is 7.28. The van der Waals surface area contributed by atoms with Crippen molar-refractivity contribution in [3.05, 3.63) is 0 Å². The minimum absolute atomic E-state index is 0.301. The molecule has 0 aromatic heterocycles. The van der Waals surface area contributed by atoms with Crippen molar-refractivity contribution in [2.45, 2.75) is 13.0 Å². The first-order valence-corrected chi connectivity index (χ1v) is 2.58. The fraction of sp³-hybridized carbons (Fsp3) is 0.600. The second kappa shape index (κ2) is 3.87. The number of nitrogens with zero attached hydrogens (tertiary/aromatic N) is 1. The molecule has 0 fully saturated rings. The summed E-state index contributed by atoms with van der Waals surface area (Å²) in [6.07, 6.45) is 1.54. The van der Waals surface area contributed by atoms with Gasteiger partial charge in [-0.2, -0.15) is 5.26 Å². The number of rotatable bonds is 2. The lowest BCUT2D eigenvalue weighted by atomic mass is 10.3. The fourth-order valence-electron chi connectivity index (χ4n) is 0.294. The summed E-state index contributed by atoms with van der Waals surface area (Å²) in [6.45, 7) is 1.67. The summed E-state index contributed by atoms with van der Waals surface area (Å²) in [6, 6.07) is -0.301. The highest BCUT2D eigenvalue weighted by molar-refractivity contribution is 5.82. The van der Waals surface area contributed by atoms with Crippen LogP contribution in [0.4, 0.5) is 0 Å². The Balaban J connectivity index is 3.62. The average Bonchev–Trinajstić information content (AvgIpc) is 1.87. The van der Waals surface area contributed by atoms with E-state index in [1.807, 2.05) is 5.32 Å². The molecule has 50 valence electrons. The van der Waals surface area contributed by atoms with Gasteiger partial charge in [0.05, 0.1) is 6.04 Å². The minimum Gasteiger partial charge on any atom is -0.309 e. The van der Waals surface area contributed by atoms with Crippen LogP contribution in [0.5, 0.6) is 0 Å². The van der Waals surface area contributed by atoms with Crippen LogP contribution in [0.3, 0.4) is 0 Å². The maximum atomic E-state index is 10.6. The molecule has 0 saturated carbocycles. The second-order valence-corrected chi connectivity index (χ2v) is 1.61. The highest BCUT2D eigenvalue weighted by Gasteiger charge is 2.07. The number of carbonyl (C=O) groups is 1. The van der Waals surface area contributed by atoms with Gasteiger partial charge in [0.25, 0.3) is 0 Å². The first kappa shape index (κ1) is 7.92. The maximum Gasteiger partial charge on any atom is 0.249 e. The lowest BCUT2D eigenvalue weighted by molar-refractivity contribution is -0.121. The highest BCUT2D eigenvalue weighted by atomic mass is 16.2. The van der Waals surface area contributed by atoms with Gasteiger partial charge in [0.1, 0.15) is 0 Å². The number of hydrogen-bond acceptors (Lipinski definition) is 3. The van der Waals surface area contributed by atoms with E-state index in [1.54, 1.807) is 20.2 Å². The molecular formula is C5H9N3O. The number of carbonyl (C=O) groups excluding carboxylic acids is 1. The van der Waals surface area contributed by atoms with Crippen LogP contribution in [0.25, 0.3) is 0 Å². The fourth-order valence-corrected chi connectivity index (χ4v) is 0.294. The first-order valence-electron chi connectivity index (χ1n) is 2.58. The van der Waals surface area contributed by atoms with Crippen LogP contribution >= 0.6 is 0 Å². The van der Waals surface area contributed by atoms with E-state index in [9.17, 15) is 4.79 Å². The van der Waals surface area contributed by atoms with E-state index < -0.39 is 0 Å². The van der Waals surface area contributed by atoms with Crippen LogP contribution < -0.4 is 10.6 Å². The molecule has 0 bridgehead atoms. The third kappa shape index (κ3) is 2.67. The van der Waals surface area contributed by atoms with Crippen LogP contribution in [0.1, 0.15) is 6.92 Å². The van der Waals surface area contributed by atoms with Crippen molar-refractivity contribution in [1.82, 2.24) is 10.6 Å². The molecule has 0 saturated heterocycles. The number of nitrogens with one attached hydrogen (secondary N) is 2. The van der Waals surface area contributed by atoms with Crippen LogP contribution in [-0.4, -0.2) is 19.0 Å². The first-order chi connectivity index (χ1) is 4.22. The van der Waals surface area contributed by atoms with Crippen molar-refractivity contribution in [3.8, 4) is 6.19 Å². The van der Waals surface area contributed by atoms with Crippen molar-refractivity contribution in [1.29, 1.82) is 5.26 Å². The van der Waals surface area contributed by atoms with Gasteiger partial charge < -0.3 is 5.32 Å². The maximum absolute atomic E-state index is 10.6. The predicted octanol–water partition coefficient (Wildman–Crippen LogP) is -0.808. The molecule has 0 aromatic rings. The van der Waals surface area contributed by atoms with Gasteiger partial charge >= 0.3 is 0 Å². The van der Waals surface area contributed by atoms with Gasteiger partial charge in [-0.1, -0.05) is 0 Å². The molecule has 0 aromatic carbocycles. The average molecular weight is 127 g/mol. The van der Waals surface area contributed by atoms with Crippen molar-refractivity contribution < 1.29 is 4.79 Å². The molecule has 4 nitrogen and oxygen atoms in total. The van der Waals surface area contributed by atoms with E-state index in [2.05, 4.69) is 5.32 Å². The molecule has 1 amide bonds. The lowest BCUT2D eigenvalue weighted by Gasteiger charge is -2.04. The molecule has 0 aliphatic carbocycles. The number of nitriles is 1. The van der Waals surface area contributed by atoms with Gasteiger partial charge in [-0.25, -0.2) is 0 Å². The topological polar surface area (TPSA) is 64.9 Å². The Morgan fingerprint density at radius 3 is 2.67 bits per heavy atom. The van der Waals surface area contributed by atoms with Gasteiger partial charge in [0.15, 0.2) is 6.19 Å². The summed E-state index contributed by atoms with van der Waals surface area (Å²) < 4.78 is 0. The highest BCUT2D eigenvalue weighted by Crippen LogP contribution is 1.76. The van der Waals surface area contributed by atoms with Crippen LogP contribution in [0.15, 0.2) is 0 Å². The molecule has 0 radical (unpaired) electrons. The van der Waals surface area contributed by atoms with E-state index in [-0.39, 0.29) is 11.9 Å². The Morgan fingerprint density at radius 2 is 2.33 bits per heavy atom. The summed E-state index contributed by atoms with van der Waals surface area (Å²) >= 11 is 0. The van der Waals surface area contributed by atoms with Gasteiger partial charge in [0, 0.05) is 0 Å². The van der Waals surface area contributed by atoms with Crippen molar-refractivity contribution >= 4 is 5.91 Å². The van der Waals surface area contributed by atoms with E-state index in [0.29, 0.717) is 0 Å². The number of hydrogen-bond donors (Lipinski definition) is 2. The Hall–Kier alpha value is -1.08. The van der Waals surface area contributed by atoms with Gasteiger partial charge in [-0.15, -0.1) is 0 Å². The third-order valence-corrected chi connectivity index (χ3v) is 1.01. The smallest absolute Gasteiger partial charge is 0.249 e. The summed E-state index contributed by atoms with van der Waals surface area (Å²) in [4.78, 5) is 10.6. The zero-order valence-electron chi connectivity index (χ0n) is 5.43. The Labute approximate surface area is 53.9 Å². The van der Waals surface area contributed by atoms with Crippen LogP contribution in [0.2, 0.25) is 0 Å². The molecule has 4 heteroatoms. The molecule has 0 unspecified atom stereocenters. The lowest BCUT2D eigenvalue weighted by Crippen LogP contribution is -2.38. The largest absolute Gasteiger partial charge is 0.309 e. The van der Waals surface area contributed by atoms with E-state index in [4.69, 9.17) is 5.26 Å². The van der Waals surface area contributed by atoms with Crippen molar-refractivity contribution in [3.63, 3.8) is 0 Å². The van der Waals surface area contributed by atoms with Crippen molar-refractivity contribution in [2.24, 2.45) is 0 Å². The van der Waals surface area contributed by atoms with Crippen LogP contribution in [-0.2, 0) is 4.79 Å². The van der Waals surface area contributed by atoms with Crippen LogP contribution in [0, 0.1) is 11.5 Å². The number of likely N-dealkylation sites (N-methyl/N-ethyl adjacent to an activating group) is 1. The molecule has 9 heavy (non-hydrogen) atoms. The standard InChI is InChI=1S/C5H9N3O/c1-4(7-2)5(9)8-3-6/h4,7H,1-2H3,(H,8,9)/t4-/m0/s1. The Kier molecular flexibility index (Phi) is 3.40. The summed E-state index contributed by atoms with van der Waals surface area (Å²) in [5, 5.41) is 12.7. The normalized spacial score (nSPS) is 11.7. The van der Waals surface area contributed by atoms with Gasteiger partial charge in [-0.05, 0) is 14.0 Å². The number of amides is 1. The quantitative estimate of drug-likeness (QED) is 0.376. The summed E-state index contributed by atoms with van der Waals surface area (Å²) in [5.74, 6) is -0.306. The molecule has 0 heterocycles. The van der Waals surface area contributed by atoms with E-state index in [1.165, 1.54) is 0 Å². The van der Waals surface area contributed by atoms with E-state index >= 15 is 0 Å². The Bertz CT molecular complexity index is 138. The van der Waals surface area contributed by atoms with Gasteiger partial charge in [-0.3, -0.25) is 10.1 Å². The third-order valence-electron chi connectivity index (χ3n) is 1.01. The molecule has 2 N–H and O–H groups in total.